The second kappa shape index (κ2) is 7.92. The minimum atomic E-state index is -3.64. The number of hydrogen-bond acceptors (Lipinski definition) is 6. The van der Waals surface area contributed by atoms with E-state index in [0.29, 0.717) is 29.2 Å². The second-order valence-corrected chi connectivity index (χ2v) is 9.08. The molecule has 1 aliphatic heterocycles. The topological polar surface area (TPSA) is 101 Å². The smallest absolute Gasteiger partial charge is 0.293 e. The largest absolute Gasteiger partial charge is 0.363 e. The number of sulfonamides is 1. The number of ketones is 1. The van der Waals surface area contributed by atoms with Crippen LogP contribution in [-0.2, 0) is 10.0 Å². The molecular formula is C20H23N3O5S. The first-order chi connectivity index (χ1) is 13.6. The molecule has 29 heavy (non-hydrogen) atoms. The van der Waals surface area contributed by atoms with Gasteiger partial charge in [-0.25, -0.2) is 8.42 Å². The Hall–Kier alpha value is -2.78. The molecule has 0 aliphatic carbocycles. The first kappa shape index (κ1) is 20.9. The van der Waals surface area contributed by atoms with Crippen molar-refractivity contribution in [1.29, 1.82) is 0 Å². The molecule has 0 atom stereocenters. The number of piperazine rings is 1. The molecule has 2 aromatic rings. The van der Waals surface area contributed by atoms with Crippen LogP contribution in [0.15, 0.2) is 41.3 Å². The van der Waals surface area contributed by atoms with Gasteiger partial charge in [0.25, 0.3) is 5.69 Å². The van der Waals surface area contributed by atoms with Gasteiger partial charge in [-0.3, -0.25) is 14.9 Å². The molecule has 1 aliphatic rings. The maximum absolute atomic E-state index is 13.1. The van der Waals surface area contributed by atoms with Gasteiger partial charge in [0.1, 0.15) is 5.69 Å². The maximum Gasteiger partial charge on any atom is 0.293 e. The van der Waals surface area contributed by atoms with Gasteiger partial charge >= 0.3 is 0 Å². The maximum atomic E-state index is 13.1. The molecule has 2 aromatic carbocycles. The van der Waals surface area contributed by atoms with Crippen molar-refractivity contribution in [3.8, 4) is 0 Å². The first-order valence-electron chi connectivity index (χ1n) is 9.23. The van der Waals surface area contributed by atoms with Crippen LogP contribution in [0.1, 0.15) is 28.4 Å². The number of Topliss-reactive ketones (excluding diaryl/α,β-unsaturated/α-hetero) is 1. The summed E-state index contributed by atoms with van der Waals surface area (Å²) in [5.41, 5.74) is 2.08. The highest BCUT2D eigenvalue weighted by Gasteiger charge is 2.31. The number of carbonyl (C=O) groups is 1. The Kier molecular flexibility index (Phi) is 5.72. The lowest BCUT2D eigenvalue weighted by Crippen LogP contribution is -2.49. The molecule has 8 nitrogen and oxygen atoms in total. The minimum Gasteiger partial charge on any atom is -0.363 e. The Labute approximate surface area is 169 Å². The lowest BCUT2D eigenvalue weighted by molar-refractivity contribution is -0.384. The highest BCUT2D eigenvalue weighted by atomic mass is 32.2. The molecule has 0 spiro atoms. The first-order valence-corrected chi connectivity index (χ1v) is 10.7. The monoisotopic (exact) mass is 417 g/mol. The van der Waals surface area contributed by atoms with Gasteiger partial charge in [0.2, 0.25) is 10.0 Å². The summed E-state index contributed by atoms with van der Waals surface area (Å²) in [5, 5.41) is 11.5. The summed E-state index contributed by atoms with van der Waals surface area (Å²) in [7, 11) is -3.64. The Bertz CT molecular complexity index is 1070. The number of aryl methyl sites for hydroxylation is 2. The van der Waals surface area contributed by atoms with Crippen LogP contribution in [-0.4, -0.2) is 49.6 Å². The molecule has 3 rings (SSSR count). The number of benzene rings is 2. The number of rotatable bonds is 5. The number of nitrogens with zero attached hydrogens (tertiary/aromatic N) is 3. The lowest BCUT2D eigenvalue weighted by atomic mass is 10.1. The van der Waals surface area contributed by atoms with Crippen molar-refractivity contribution >= 4 is 27.2 Å². The number of anilines is 1. The molecule has 0 saturated carbocycles. The molecule has 1 saturated heterocycles. The normalized spacial score (nSPS) is 15.3. The molecule has 154 valence electrons. The summed E-state index contributed by atoms with van der Waals surface area (Å²) in [4.78, 5) is 24.6. The molecule has 0 amide bonds. The predicted octanol–water partition coefficient (Wildman–Crippen LogP) is 2.93. The van der Waals surface area contributed by atoms with E-state index in [0.717, 1.165) is 5.56 Å². The third-order valence-electron chi connectivity index (χ3n) is 5.12. The zero-order valence-corrected chi connectivity index (χ0v) is 17.4. The van der Waals surface area contributed by atoms with Gasteiger partial charge in [-0.05, 0) is 50.1 Å². The van der Waals surface area contributed by atoms with Crippen LogP contribution < -0.4 is 4.90 Å². The second-order valence-electron chi connectivity index (χ2n) is 7.18. The van der Waals surface area contributed by atoms with Crippen molar-refractivity contribution in [3.63, 3.8) is 0 Å². The van der Waals surface area contributed by atoms with Gasteiger partial charge in [-0.15, -0.1) is 0 Å². The van der Waals surface area contributed by atoms with Crippen molar-refractivity contribution in [2.75, 3.05) is 31.1 Å². The molecule has 0 aromatic heterocycles. The van der Waals surface area contributed by atoms with Crippen LogP contribution >= 0.6 is 0 Å². The van der Waals surface area contributed by atoms with Gasteiger partial charge in [0.15, 0.2) is 5.78 Å². The van der Waals surface area contributed by atoms with E-state index in [-0.39, 0.29) is 30.1 Å². The van der Waals surface area contributed by atoms with Crippen LogP contribution in [0.2, 0.25) is 0 Å². The van der Waals surface area contributed by atoms with Crippen molar-refractivity contribution in [3.05, 3.63) is 63.2 Å². The average molecular weight is 417 g/mol. The Morgan fingerprint density at radius 3 is 2.28 bits per heavy atom. The highest BCUT2D eigenvalue weighted by molar-refractivity contribution is 7.89. The molecular weight excluding hydrogens is 394 g/mol. The third-order valence-corrected chi connectivity index (χ3v) is 7.16. The van der Waals surface area contributed by atoms with Gasteiger partial charge in [-0.2, -0.15) is 4.31 Å². The van der Waals surface area contributed by atoms with Gasteiger partial charge < -0.3 is 4.90 Å². The summed E-state index contributed by atoms with van der Waals surface area (Å²) in [6.07, 6.45) is 0. The Morgan fingerprint density at radius 1 is 1.03 bits per heavy atom. The Balaban J connectivity index is 1.83. The fraction of sp³-hybridized carbons (Fsp3) is 0.350. The minimum absolute atomic E-state index is 0.150. The molecule has 0 N–H and O–H groups in total. The van der Waals surface area contributed by atoms with Crippen molar-refractivity contribution in [2.45, 2.75) is 25.7 Å². The third kappa shape index (κ3) is 4.15. The van der Waals surface area contributed by atoms with Gasteiger partial charge in [0.05, 0.1) is 9.82 Å². The van der Waals surface area contributed by atoms with Gasteiger partial charge in [-0.1, -0.05) is 12.1 Å². The van der Waals surface area contributed by atoms with E-state index in [1.54, 1.807) is 36.1 Å². The van der Waals surface area contributed by atoms with Crippen LogP contribution in [0.3, 0.4) is 0 Å². The van der Waals surface area contributed by atoms with Gasteiger partial charge in [0, 0.05) is 37.8 Å². The fourth-order valence-corrected chi connectivity index (χ4v) is 5.18. The zero-order valence-electron chi connectivity index (χ0n) is 16.6. The number of carbonyl (C=O) groups excluding carboxylic acids is 1. The summed E-state index contributed by atoms with van der Waals surface area (Å²) in [5.74, 6) is -0.246. The number of hydrogen-bond donors (Lipinski definition) is 0. The predicted molar refractivity (Wildman–Crippen MR) is 110 cm³/mol. The summed E-state index contributed by atoms with van der Waals surface area (Å²) < 4.78 is 27.5. The SMILES string of the molecule is CC(=O)c1ccc(N2CCN(S(=O)(=O)c3cc(C)ccc3C)CC2)c([N+](=O)[O-])c1. The summed E-state index contributed by atoms with van der Waals surface area (Å²) in [6.45, 7) is 6.07. The quantitative estimate of drug-likeness (QED) is 0.421. The molecule has 0 bridgehead atoms. The van der Waals surface area contributed by atoms with E-state index < -0.39 is 14.9 Å². The van der Waals surface area contributed by atoms with E-state index in [1.165, 1.54) is 17.3 Å². The van der Waals surface area contributed by atoms with E-state index in [4.69, 9.17) is 0 Å². The summed E-state index contributed by atoms with van der Waals surface area (Å²) in [6, 6.07) is 9.72. The van der Waals surface area contributed by atoms with E-state index in [9.17, 15) is 23.3 Å². The summed E-state index contributed by atoms with van der Waals surface area (Å²) >= 11 is 0. The molecule has 1 fully saturated rings. The van der Waals surface area contributed by atoms with Crippen LogP contribution in [0.5, 0.6) is 0 Å². The number of nitro groups is 1. The number of nitro benzene ring substituents is 1. The van der Waals surface area contributed by atoms with E-state index in [1.807, 2.05) is 13.0 Å². The van der Waals surface area contributed by atoms with Crippen molar-refractivity contribution < 1.29 is 18.1 Å². The van der Waals surface area contributed by atoms with Crippen molar-refractivity contribution in [1.82, 2.24) is 4.31 Å². The van der Waals surface area contributed by atoms with Crippen LogP contribution in [0.4, 0.5) is 11.4 Å². The lowest BCUT2D eigenvalue weighted by Gasteiger charge is -2.35. The molecule has 0 unspecified atom stereocenters. The standard InChI is InChI=1S/C20H23N3O5S/c1-14-4-5-15(2)20(12-14)29(27,28)22-10-8-21(9-11-22)18-7-6-17(16(3)24)13-19(18)23(25)26/h4-7,12-13H,8-11H2,1-3H3. The molecule has 9 heteroatoms. The van der Waals surface area contributed by atoms with Crippen LogP contribution in [0, 0.1) is 24.0 Å². The zero-order chi connectivity index (χ0) is 21.3. The highest BCUT2D eigenvalue weighted by Crippen LogP contribution is 2.31. The molecule has 1 heterocycles. The van der Waals surface area contributed by atoms with E-state index >= 15 is 0 Å². The average Bonchev–Trinajstić information content (AvgIpc) is 2.69. The van der Waals surface area contributed by atoms with Crippen LogP contribution in [0.25, 0.3) is 0 Å². The fourth-order valence-electron chi connectivity index (χ4n) is 3.45. The Morgan fingerprint density at radius 2 is 1.69 bits per heavy atom. The molecule has 0 radical (unpaired) electrons. The van der Waals surface area contributed by atoms with E-state index in [2.05, 4.69) is 0 Å². The van der Waals surface area contributed by atoms with Crippen molar-refractivity contribution in [2.24, 2.45) is 0 Å².